The Morgan fingerprint density at radius 1 is 1.04 bits per heavy atom. The summed E-state index contributed by atoms with van der Waals surface area (Å²) in [7, 11) is 4.15. The Balaban J connectivity index is 1.79. The Labute approximate surface area is 144 Å². The minimum absolute atomic E-state index is 0.962. The largest absolute Gasteiger partial charge is 0.378 e. The van der Waals surface area contributed by atoms with Crippen LogP contribution in [0.3, 0.4) is 0 Å². The molecule has 3 rings (SSSR count). The number of aryl methyl sites for hydroxylation is 1. The molecular weight excluding hydrogens is 294 g/mol. The summed E-state index contributed by atoms with van der Waals surface area (Å²) in [6.45, 7) is 2.07. The number of hydrazone groups is 1. The van der Waals surface area contributed by atoms with Gasteiger partial charge in [-0.3, -0.25) is 5.43 Å². The topological polar surface area (TPSA) is 27.6 Å². The monoisotopic (exact) mass is 317 g/mol. The number of para-hydroxylation sites is 1. The predicted molar refractivity (Wildman–Crippen MR) is 103 cm³/mol. The van der Waals surface area contributed by atoms with E-state index in [0.717, 1.165) is 17.7 Å². The second-order valence-electron chi connectivity index (χ2n) is 6.17. The molecule has 0 saturated heterocycles. The maximum absolute atomic E-state index is 4.43. The van der Waals surface area contributed by atoms with Crippen LogP contribution in [0.2, 0.25) is 0 Å². The van der Waals surface area contributed by atoms with Crippen molar-refractivity contribution in [1.29, 1.82) is 0 Å². The van der Waals surface area contributed by atoms with Crippen molar-refractivity contribution in [2.45, 2.75) is 13.3 Å². The van der Waals surface area contributed by atoms with Crippen LogP contribution in [-0.4, -0.2) is 25.2 Å². The van der Waals surface area contributed by atoms with Crippen LogP contribution in [-0.2, 0) is 0 Å². The molecule has 0 saturated carbocycles. The molecule has 3 nitrogen and oxygen atoms in total. The van der Waals surface area contributed by atoms with E-state index in [4.69, 9.17) is 0 Å². The van der Waals surface area contributed by atoms with Crippen molar-refractivity contribution in [3.05, 3.63) is 83.1 Å². The zero-order chi connectivity index (χ0) is 16.9. The molecule has 2 aromatic carbocycles. The average Bonchev–Trinajstić information content (AvgIpc) is 3.07. The van der Waals surface area contributed by atoms with Gasteiger partial charge in [-0.15, -0.1) is 0 Å². The van der Waals surface area contributed by atoms with E-state index < -0.39 is 0 Å². The van der Waals surface area contributed by atoms with Crippen molar-refractivity contribution in [2.75, 3.05) is 19.5 Å². The van der Waals surface area contributed by atoms with Crippen molar-refractivity contribution in [2.24, 2.45) is 5.10 Å². The van der Waals surface area contributed by atoms with Crippen LogP contribution in [0, 0.1) is 6.92 Å². The highest BCUT2D eigenvalue weighted by Gasteiger charge is 2.12. The average molecular weight is 317 g/mol. The number of hydrogen-bond donors (Lipinski definition) is 1. The molecule has 0 aliphatic heterocycles. The van der Waals surface area contributed by atoms with Gasteiger partial charge in [0, 0.05) is 25.4 Å². The lowest BCUT2D eigenvalue weighted by molar-refractivity contribution is 0.531. The second kappa shape index (κ2) is 7.18. The number of hydrogen-bond acceptors (Lipinski definition) is 3. The molecule has 24 heavy (non-hydrogen) atoms. The van der Waals surface area contributed by atoms with Gasteiger partial charge in [0.2, 0.25) is 0 Å². The number of rotatable bonds is 5. The number of nitrogens with zero attached hydrogens (tertiary/aromatic N) is 2. The van der Waals surface area contributed by atoms with Crippen molar-refractivity contribution < 1.29 is 0 Å². The highest BCUT2D eigenvalue weighted by molar-refractivity contribution is 5.90. The molecule has 0 unspecified atom stereocenters. The normalized spacial score (nSPS) is 13.8. The van der Waals surface area contributed by atoms with Crippen LogP contribution in [0.4, 0.5) is 5.69 Å². The van der Waals surface area contributed by atoms with Gasteiger partial charge in [0.05, 0.1) is 11.9 Å². The Bertz CT molecular complexity index is 813. The van der Waals surface area contributed by atoms with Gasteiger partial charge in [-0.1, -0.05) is 48.5 Å². The molecule has 0 heterocycles. The molecule has 0 amide bonds. The smallest absolute Gasteiger partial charge is 0.0590 e. The third kappa shape index (κ3) is 3.57. The van der Waals surface area contributed by atoms with Crippen molar-refractivity contribution in [3.63, 3.8) is 0 Å². The van der Waals surface area contributed by atoms with Crippen LogP contribution >= 0.6 is 0 Å². The maximum Gasteiger partial charge on any atom is 0.0590 e. The third-order valence-corrected chi connectivity index (χ3v) is 4.21. The van der Waals surface area contributed by atoms with E-state index in [9.17, 15) is 0 Å². The third-order valence-electron chi connectivity index (χ3n) is 4.21. The summed E-state index contributed by atoms with van der Waals surface area (Å²) < 4.78 is 0. The Morgan fingerprint density at radius 2 is 1.79 bits per heavy atom. The number of allylic oxidation sites excluding steroid dienone is 3. The van der Waals surface area contributed by atoms with Gasteiger partial charge in [-0.2, -0.15) is 5.10 Å². The lowest BCUT2D eigenvalue weighted by Crippen LogP contribution is -2.07. The fraction of sp³-hybridized carbons (Fsp3) is 0.190. The van der Waals surface area contributed by atoms with Crippen LogP contribution < -0.4 is 5.43 Å². The lowest BCUT2D eigenvalue weighted by atomic mass is 10.00. The molecule has 0 spiro atoms. The molecule has 0 bridgehead atoms. The van der Waals surface area contributed by atoms with Gasteiger partial charge in [0.1, 0.15) is 0 Å². The molecule has 3 heteroatoms. The van der Waals surface area contributed by atoms with Gasteiger partial charge in [0.15, 0.2) is 0 Å². The highest BCUT2D eigenvalue weighted by Crippen LogP contribution is 2.29. The van der Waals surface area contributed by atoms with Crippen LogP contribution in [0.5, 0.6) is 0 Å². The first kappa shape index (κ1) is 16.1. The van der Waals surface area contributed by atoms with E-state index in [-0.39, 0.29) is 0 Å². The van der Waals surface area contributed by atoms with Crippen LogP contribution in [0.1, 0.15) is 23.1 Å². The summed E-state index contributed by atoms with van der Waals surface area (Å²) in [6, 6.07) is 16.5. The van der Waals surface area contributed by atoms with Crippen molar-refractivity contribution in [3.8, 4) is 0 Å². The van der Waals surface area contributed by atoms with Crippen molar-refractivity contribution >= 4 is 17.5 Å². The van der Waals surface area contributed by atoms with Gasteiger partial charge in [0.25, 0.3) is 0 Å². The molecule has 1 N–H and O–H groups in total. The molecule has 0 aromatic heterocycles. The van der Waals surface area contributed by atoms with Gasteiger partial charge in [-0.05, 0) is 42.2 Å². The Kier molecular flexibility index (Phi) is 4.80. The molecule has 0 fully saturated rings. The summed E-state index contributed by atoms with van der Waals surface area (Å²) in [5.41, 5.74) is 10.3. The summed E-state index contributed by atoms with van der Waals surface area (Å²) in [4.78, 5) is 2.14. The fourth-order valence-corrected chi connectivity index (χ4v) is 2.78. The van der Waals surface area contributed by atoms with Gasteiger partial charge in [-0.25, -0.2) is 0 Å². The second-order valence-corrected chi connectivity index (χ2v) is 6.17. The number of likely N-dealkylation sites (N-methyl/N-ethyl adjacent to an activating group) is 1. The summed E-state index contributed by atoms with van der Waals surface area (Å²) >= 11 is 0. The number of nitrogens with one attached hydrogen (secondary N) is 1. The van der Waals surface area contributed by atoms with E-state index in [2.05, 4.69) is 78.9 Å². The quantitative estimate of drug-likeness (QED) is 0.641. The zero-order valence-electron chi connectivity index (χ0n) is 14.5. The molecule has 122 valence electrons. The standard InChI is InChI=1S/C21H23N3/c1-16-8-4-7-11-21(16)23-22-15-18-9-5-6-10-20(18)17-12-13-19(14-17)24(2)3/h4-11,13-15,23H,12H2,1-3H3. The fourth-order valence-electron chi connectivity index (χ4n) is 2.78. The first-order chi connectivity index (χ1) is 11.6. The molecule has 0 atom stereocenters. The first-order valence-electron chi connectivity index (χ1n) is 8.17. The molecular formula is C21H23N3. The minimum Gasteiger partial charge on any atom is -0.378 e. The van der Waals surface area contributed by atoms with E-state index in [0.29, 0.717) is 0 Å². The SMILES string of the molecule is Cc1ccccc1NN=Cc1ccccc1C1=CC(N(C)C)=CC1. The highest BCUT2D eigenvalue weighted by atomic mass is 15.3. The van der Waals surface area contributed by atoms with E-state index in [1.807, 2.05) is 24.4 Å². The predicted octanol–water partition coefficient (Wildman–Crippen LogP) is 4.67. The minimum atomic E-state index is 0.962. The summed E-state index contributed by atoms with van der Waals surface area (Å²) in [5.74, 6) is 0. The van der Waals surface area contributed by atoms with E-state index in [1.165, 1.54) is 22.4 Å². The molecule has 1 aliphatic carbocycles. The van der Waals surface area contributed by atoms with E-state index in [1.54, 1.807) is 0 Å². The summed E-state index contributed by atoms with van der Waals surface area (Å²) in [6.07, 6.45) is 7.37. The Morgan fingerprint density at radius 3 is 2.54 bits per heavy atom. The van der Waals surface area contributed by atoms with Crippen LogP contribution in [0.25, 0.3) is 5.57 Å². The first-order valence-corrected chi connectivity index (χ1v) is 8.17. The summed E-state index contributed by atoms with van der Waals surface area (Å²) in [5, 5.41) is 4.43. The zero-order valence-corrected chi connectivity index (χ0v) is 14.5. The van der Waals surface area contributed by atoms with E-state index >= 15 is 0 Å². The van der Waals surface area contributed by atoms with Crippen LogP contribution in [0.15, 0.2) is 71.5 Å². The molecule has 1 aliphatic rings. The van der Waals surface area contributed by atoms with Crippen molar-refractivity contribution in [1.82, 2.24) is 4.90 Å². The Hall–Kier alpha value is -2.81. The molecule has 0 radical (unpaired) electrons. The van der Waals surface area contributed by atoms with Gasteiger partial charge >= 0.3 is 0 Å². The maximum atomic E-state index is 4.43. The lowest BCUT2D eigenvalue weighted by Gasteiger charge is -2.11. The number of benzene rings is 2. The number of anilines is 1. The van der Waals surface area contributed by atoms with Gasteiger partial charge < -0.3 is 4.90 Å². The molecule has 2 aromatic rings.